The number of sulfone groups is 1. The number of nitrogens with one attached hydrogen (secondary N) is 4. The van der Waals surface area contributed by atoms with E-state index in [0.717, 1.165) is 44.8 Å². The van der Waals surface area contributed by atoms with Crippen molar-refractivity contribution in [1.29, 1.82) is 0 Å². The van der Waals surface area contributed by atoms with Crippen molar-refractivity contribution in [3.05, 3.63) is 12.7 Å². The second kappa shape index (κ2) is 13.9. The third-order valence-corrected chi connectivity index (χ3v) is 12.0. The average molecular weight is 678 g/mol. The lowest BCUT2D eigenvalue weighted by Crippen LogP contribution is -2.64. The number of carbonyl (C=O) groups is 5. The van der Waals surface area contributed by atoms with Crippen LogP contribution in [0.4, 0.5) is 4.79 Å². The van der Waals surface area contributed by atoms with E-state index < -0.39 is 68.5 Å². The summed E-state index contributed by atoms with van der Waals surface area (Å²) in [4.78, 5) is 69.3. The van der Waals surface area contributed by atoms with Gasteiger partial charge in [-0.3, -0.25) is 19.2 Å². The van der Waals surface area contributed by atoms with Gasteiger partial charge in [0.15, 0.2) is 0 Å². The van der Waals surface area contributed by atoms with Gasteiger partial charge >= 0.3 is 6.03 Å². The van der Waals surface area contributed by atoms with Crippen LogP contribution in [0.25, 0.3) is 0 Å². The van der Waals surface area contributed by atoms with Crippen molar-refractivity contribution in [2.24, 2.45) is 28.6 Å². The van der Waals surface area contributed by atoms with Crippen molar-refractivity contribution in [3.63, 3.8) is 0 Å². The Morgan fingerprint density at radius 1 is 1.00 bits per heavy atom. The van der Waals surface area contributed by atoms with Gasteiger partial charge in [-0.25, -0.2) is 13.2 Å². The molecule has 5 atom stereocenters. The number of amides is 5. The molecule has 0 spiro atoms. The monoisotopic (exact) mass is 677 g/mol. The number of hydrogen-bond donors (Lipinski definition) is 4. The van der Waals surface area contributed by atoms with Crippen LogP contribution in [0.1, 0.15) is 92.4 Å². The van der Waals surface area contributed by atoms with E-state index >= 15 is 0 Å². The molecule has 5 amide bonds. The van der Waals surface area contributed by atoms with Crippen LogP contribution in [-0.4, -0.2) is 91.6 Å². The standard InChI is InChI=1S/C34H55N5O7S/c1-8-17-35-29(42)26(40)23(18-21-13-12-14-21)36-28(41)25-24-22(33(24,5)6)19-39(25)30(43)27(32(2,3)4)37-31(44)38-34(20-47(7,45)46)15-10-9-11-16-34/h8,21-25,27H,1,9-20H2,2-7H3,(H,35,42)(H,36,41)(H2,37,38,44)/t22?,23?,24-,25-,27+/m0/s1. The smallest absolute Gasteiger partial charge is 0.315 e. The number of urea groups is 1. The molecule has 1 heterocycles. The number of nitrogens with zero attached hydrogens (tertiary/aromatic N) is 1. The van der Waals surface area contributed by atoms with E-state index in [2.05, 4.69) is 41.7 Å². The molecule has 0 aromatic carbocycles. The fourth-order valence-corrected chi connectivity index (χ4v) is 9.40. The van der Waals surface area contributed by atoms with Gasteiger partial charge in [-0.15, -0.1) is 6.58 Å². The highest BCUT2D eigenvalue weighted by Crippen LogP contribution is 2.65. The first kappa shape index (κ1) is 36.9. The SMILES string of the molecule is C=CCNC(=O)C(=O)C(CC1CCC1)NC(=O)[C@@H]1[C@@H]2C(CN1C(=O)[C@@H](NC(=O)NC1(CS(C)(=O)=O)CCCCC1)C(C)(C)C)C2(C)C. The van der Waals surface area contributed by atoms with Crippen molar-refractivity contribution in [1.82, 2.24) is 26.2 Å². The molecule has 4 fully saturated rings. The predicted octanol–water partition coefficient (Wildman–Crippen LogP) is 2.48. The molecule has 0 radical (unpaired) electrons. The predicted molar refractivity (Wildman–Crippen MR) is 179 cm³/mol. The van der Waals surface area contributed by atoms with Gasteiger partial charge in [-0.1, -0.05) is 79.2 Å². The lowest BCUT2D eigenvalue weighted by atomic mass is 9.80. The average Bonchev–Trinajstić information content (AvgIpc) is 3.25. The summed E-state index contributed by atoms with van der Waals surface area (Å²) in [5, 5.41) is 11.2. The molecule has 47 heavy (non-hydrogen) atoms. The normalized spacial score (nSPS) is 26.1. The van der Waals surface area contributed by atoms with E-state index in [0.29, 0.717) is 25.8 Å². The summed E-state index contributed by atoms with van der Waals surface area (Å²) in [5.41, 5.74) is -1.86. The minimum Gasteiger partial charge on any atom is -0.346 e. The van der Waals surface area contributed by atoms with Gasteiger partial charge in [0.2, 0.25) is 17.6 Å². The lowest BCUT2D eigenvalue weighted by Gasteiger charge is -2.40. The van der Waals surface area contributed by atoms with Crippen molar-refractivity contribution in [3.8, 4) is 0 Å². The van der Waals surface area contributed by atoms with Crippen LogP contribution < -0.4 is 21.3 Å². The van der Waals surface area contributed by atoms with Crippen LogP contribution in [0.2, 0.25) is 0 Å². The van der Waals surface area contributed by atoms with Crippen molar-refractivity contribution < 1.29 is 32.4 Å². The van der Waals surface area contributed by atoms with Gasteiger partial charge in [0.25, 0.3) is 5.91 Å². The van der Waals surface area contributed by atoms with E-state index in [1.54, 1.807) is 0 Å². The molecule has 0 bridgehead atoms. The molecule has 3 saturated carbocycles. The Balaban J connectivity index is 1.54. The number of piperidine rings is 1. The van der Waals surface area contributed by atoms with E-state index in [4.69, 9.17) is 0 Å². The summed E-state index contributed by atoms with van der Waals surface area (Å²) in [6.45, 7) is 13.6. The van der Waals surface area contributed by atoms with E-state index in [1.165, 1.54) is 11.0 Å². The van der Waals surface area contributed by atoms with Crippen molar-refractivity contribution in [2.45, 2.75) is 116 Å². The van der Waals surface area contributed by atoms with E-state index in [-0.39, 0.29) is 35.5 Å². The maximum absolute atomic E-state index is 14.4. The molecule has 4 N–H and O–H groups in total. The van der Waals surface area contributed by atoms with Gasteiger partial charge < -0.3 is 26.2 Å². The molecule has 13 heteroatoms. The van der Waals surface area contributed by atoms with Crippen LogP contribution in [0, 0.1) is 28.6 Å². The molecule has 12 nitrogen and oxygen atoms in total. The Morgan fingerprint density at radius 2 is 1.64 bits per heavy atom. The zero-order valence-electron chi connectivity index (χ0n) is 28.9. The number of fused-ring (bicyclic) bond motifs is 1. The summed E-state index contributed by atoms with van der Waals surface area (Å²) in [6, 6.07) is -3.53. The first-order chi connectivity index (χ1) is 21.8. The third kappa shape index (κ3) is 8.56. The minimum absolute atomic E-state index is 0.0635. The molecule has 3 aliphatic carbocycles. The summed E-state index contributed by atoms with van der Waals surface area (Å²) < 4.78 is 24.6. The van der Waals surface area contributed by atoms with Crippen LogP contribution in [0.3, 0.4) is 0 Å². The Labute approximate surface area is 279 Å². The summed E-state index contributed by atoms with van der Waals surface area (Å²) >= 11 is 0. The largest absolute Gasteiger partial charge is 0.346 e. The van der Waals surface area contributed by atoms with Crippen LogP contribution in [-0.2, 0) is 29.0 Å². The Morgan fingerprint density at radius 3 is 2.17 bits per heavy atom. The summed E-state index contributed by atoms with van der Waals surface area (Å²) in [6.07, 6.45) is 9.47. The number of likely N-dealkylation sites (tertiary alicyclic amines) is 1. The Hall–Kier alpha value is -2.96. The van der Waals surface area contributed by atoms with Crippen LogP contribution in [0.15, 0.2) is 12.7 Å². The van der Waals surface area contributed by atoms with Gasteiger partial charge in [0, 0.05) is 19.3 Å². The number of hydrogen-bond acceptors (Lipinski definition) is 7. The first-order valence-corrected chi connectivity index (χ1v) is 19.2. The fourth-order valence-electron chi connectivity index (χ4n) is 8.03. The van der Waals surface area contributed by atoms with Gasteiger partial charge in [-0.05, 0) is 47.8 Å². The second-order valence-corrected chi connectivity index (χ2v) is 18.3. The lowest BCUT2D eigenvalue weighted by molar-refractivity contribution is -0.145. The molecule has 264 valence electrons. The van der Waals surface area contributed by atoms with Gasteiger partial charge in [0.1, 0.15) is 21.9 Å². The van der Waals surface area contributed by atoms with Gasteiger partial charge in [-0.2, -0.15) is 0 Å². The molecule has 4 aliphatic rings. The van der Waals surface area contributed by atoms with Gasteiger partial charge in [0.05, 0.1) is 17.3 Å². The Bertz CT molecular complexity index is 1360. The van der Waals surface area contributed by atoms with E-state index in [9.17, 15) is 32.4 Å². The third-order valence-electron chi connectivity index (χ3n) is 10.9. The summed E-state index contributed by atoms with van der Waals surface area (Å²) in [7, 11) is -3.39. The zero-order valence-corrected chi connectivity index (χ0v) is 29.8. The molecule has 0 aromatic rings. The maximum Gasteiger partial charge on any atom is 0.315 e. The zero-order chi connectivity index (χ0) is 34.9. The highest BCUT2D eigenvalue weighted by Gasteiger charge is 2.70. The molecule has 0 aromatic heterocycles. The highest BCUT2D eigenvalue weighted by atomic mass is 32.2. The molecular formula is C34H55N5O7S. The molecule has 2 unspecified atom stereocenters. The summed E-state index contributed by atoms with van der Waals surface area (Å²) in [5.74, 6) is -2.42. The van der Waals surface area contributed by atoms with Crippen LogP contribution in [0.5, 0.6) is 0 Å². The van der Waals surface area contributed by atoms with Crippen molar-refractivity contribution in [2.75, 3.05) is 25.1 Å². The van der Waals surface area contributed by atoms with Crippen molar-refractivity contribution >= 4 is 39.4 Å². The van der Waals surface area contributed by atoms with E-state index in [1.807, 2.05) is 20.8 Å². The number of rotatable bonds is 13. The molecule has 1 saturated heterocycles. The number of carbonyl (C=O) groups excluding carboxylic acids is 5. The number of Topliss-reactive ketones (excluding diaryl/α,β-unsaturated/α-hetero) is 1. The molecule has 4 rings (SSSR count). The Kier molecular flexibility index (Phi) is 10.9. The van der Waals surface area contributed by atoms with Crippen LogP contribution >= 0.6 is 0 Å². The molecular weight excluding hydrogens is 622 g/mol. The topological polar surface area (TPSA) is 171 Å². The fraction of sp³-hybridized carbons (Fsp3) is 0.794. The maximum atomic E-state index is 14.4. The minimum atomic E-state index is -3.39. The number of ketones is 1. The quantitative estimate of drug-likeness (QED) is 0.171. The highest BCUT2D eigenvalue weighted by molar-refractivity contribution is 7.90. The second-order valence-electron chi connectivity index (χ2n) is 16.2. The molecule has 1 aliphatic heterocycles. The first-order valence-electron chi connectivity index (χ1n) is 17.1.